The Kier molecular flexibility index (Phi) is 4.41. The third-order valence-corrected chi connectivity index (χ3v) is 3.82. The maximum atomic E-state index is 11.9. The maximum Gasteiger partial charge on any atom is 0.404 e. The Morgan fingerprint density at radius 1 is 1.33 bits per heavy atom. The third kappa shape index (κ3) is 3.35. The molecule has 0 aromatic rings. The molecule has 6 heteroatoms. The highest BCUT2D eigenvalue weighted by molar-refractivity contribution is 5.82. The highest BCUT2D eigenvalue weighted by Gasteiger charge is 2.37. The number of fused-ring (bicyclic) bond motifs is 1. The van der Waals surface area contributed by atoms with Crippen LogP contribution < -0.4 is 16.4 Å². The molecule has 3 atom stereocenters. The summed E-state index contributed by atoms with van der Waals surface area (Å²) >= 11 is 0. The Morgan fingerprint density at radius 3 is 2.83 bits per heavy atom. The summed E-state index contributed by atoms with van der Waals surface area (Å²) in [7, 11) is 0. The van der Waals surface area contributed by atoms with Crippen LogP contribution in [0.2, 0.25) is 0 Å². The zero-order chi connectivity index (χ0) is 13.0. The normalized spacial score (nSPS) is 30.6. The summed E-state index contributed by atoms with van der Waals surface area (Å²) in [6.45, 7) is 0.440. The molecule has 0 spiro atoms. The minimum atomic E-state index is -0.811. The molecule has 2 fully saturated rings. The van der Waals surface area contributed by atoms with Gasteiger partial charge in [-0.1, -0.05) is 12.8 Å². The number of nitrogens with two attached hydrogens (primary N) is 1. The first kappa shape index (κ1) is 13.1. The maximum absolute atomic E-state index is 11.9. The molecule has 18 heavy (non-hydrogen) atoms. The summed E-state index contributed by atoms with van der Waals surface area (Å²) in [4.78, 5) is 22.2. The number of hydrogen-bond donors (Lipinski definition) is 3. The highest BCUT2D eigenvalue weighted by Crippen LogP contribution is 2.33. The number of carbonyl (C=O) groups is 2. The SMILES string of the molecule is NC(=O)OCCNC(=O)C1CC2CCCCC2N1. The number of carbonyl (C=O) groups excluding carboxylic acids is 2. The zero-order valence-electron chi connectivity index (χ0n) is 10.5. The minimum absolute atomic E-state index is 0.00234. The molecule has 2 aliphatic rings. The van der Waals surface area contributed by atoms with E-state index in [9.17, 15) is 9.59 Å². The van der Waals surface area contributed by atoms with Gasteiger partial charge in [-0.25, -0.2) is 4.79 Å². The number of nitrogens with one attached hydrogen (secondary N) is 2. The van der Waals surface area contributed by atoms with Crippen LogP contribution in [0.4, 0.5) is 4.79 Å². The summed E-state index contributed by atoms with van der Waals surface area (Å²) in [6, 6.07) is 0.419. The second-order valence-corrected chi connectivity index (χ2v) is 5.06. The molecule has 6 nitrogen and oxygen atoms in total. The molecular formula is C12H21N3O3. The molecule has 0 radical (unpaired) electrons. The number of primary amides is 1. The highest BCUT2D eigenvalue weighted by atomic mass is 16.5. The number of amides is 2. The van der Waals surface area contributed by atoms with Gasteiger partial charge in [-0.05, 0) is 25.2 Å². The predicted molar refractivity (Wildman–Crippen MR) is 65.8 cm³/mol. The molecule has 1 aliphatic carbocycles. The molecule has 0 bridgehead atoms. The van der Waals surface area contributed by atoms with Crippen molar-refractivity contribution < 1.29 is 14.3 Å². The molecular weight excluding hydrogens is 234 g/mol. The van der Waals surface area contributed by atoms with Crippen LogP contribution in [0.15, 0.2) is 0 Å². The first-order valence-corrected chi connectivity index (χ1v) is 6.63. The van der Waals surface area contributed by atoms with Crippen LogP contribution >= 0.6 is 0 Å². The summed E-state index contributed by atoms with van der Waals surface area (Å²) in [5.41, 5.74) is 4.82. The van der Waals surface area contributed by atoms with Crippen LogP contribution in [-0.4, -0.2) is 37.2 Å². The molecule has 1 heterocycles. The van der Waals surface area contributed by atoms with E-state index < -0.39 is 6.09 Å². The van der Waals surface area contributed by atoms with Gasteiger partial charge < -0.3 is 21.1 Å². The molecule has 102 valence electrons. The Labute approximate surface area is 107 Å². The number of hydrogen-bond acceptors (Lipinski definition) is 4. The Balaban J connectivity index is 1.68. The van der Waals surface area contributed by atoms with Crippen molar-refractivity contribution >= 4 is 12.0 Å². The van der Waals surface area contributed by atoms with Crippen molar-refractivity contribution in [3.63, 3.8) is 0 Å². The van der Waals surface area contributed by atoms with Gasteiger partial charge in [0.15, 0.2) is 0 Å². The summed E-state index contributed by atoms with van der Waals surface area (Å²) in [6.07, 6.45) is 5.06. The van der Waals surface area contributed by atoms with Crippen LogP contribution in [0.1, 0.15) is 32.1 Å². The van der Waals surface area contributed by atoms with Crippen LogP contribution in [-0.2, 0) is 9.53 Å². The Hall–Kier alpha value is -1.30. The number of ether oxygens (including phenoxy) is 1. The monoisotopic (exact) mass is 255 g/mol. The standard InChI is InChI=1S/C12H21N3O3/c13-12(17)18-6-5-14-11(16)10-7-8-3-1-2-4-9(8)15-10/h8-10,15H,1-7H2,(H2,13,17)(H,14,16). The van der Waals surface area contributed by atoms with Crippen molar-refractivity contribution in [3.8, 4) is 0 Å². The lowest BCUT2D eigenvalue weighted by atomic mass is 9.85. The van der Waals surface area contributed by atoms with E-state index in [-0.39, 0.29) is 18.6 Å². The largest absolute Gasteiger partial charge is 0.448 e. The van der Waals surface area contributed by atoms with E-state index in [4.69, 9.17) is 5.73 Å². The van der Waals surface area contributed by atoms with Gasteiger partial charge in [0.1, 0.15) is 6.61 Å². The van der Waals surface area contributed by atoms with E-state index in [0.717, 1.165) is 6.42 Å². The first-order chi connectivity index (χ1) is 8.66. The molecule has 1 saturated carbocycles. The van der Waals surface area contributed by atoms with Crippen molar-refractivity contribution in [2.24, 2.45) is 11.7 Å². The quantitative estimate of drug-likeness (QED) is 0.622. The van der Waals surface area contributed by atoms with Gasteiger partial charge in [0.05, 0.1) is 12.6 Å². The van der Waals surface area contributed by atoms with Crippen LogP contribution in [0.5, 0.6) is 0 Å². The van der Waals surface area contributed by atoms with Gasteiger partial charge in [0.2, 0.25) is 5.91 Å². The molecule has 0 aromatic heterocycles. The fourth-order valence-electron chi connectivity index (χ4n) is 2.97. The summed E-state index contributed by atoms with van der Waals surface area (Å²) < 4.78 is 4.55. The van der Waals surface area contributed by atoms with E-state index in [1.807, 2.05) is 0 Å². The smallest absolute Gasteiger partial charge is 0.404 e. The minimum Gasteiger partial charge on any atom is -0.448 e. The molecule has 1 saturated heterocycles. The predicted octanol–water partition coefficient (Wildman–Crippen LogP) is 0.119. The van der Waals surface area contributed by atoms with E-state index >= 15 is 0 Å². The van der Waals surface area contributed by atoms with E-state index in [1.165, 1.54) is 25.7 Å². The molecule has 3 unspecified atom stereocenters. The Morgan fingerprint density at radius 2 is 2.11 bits per heavy atom. The first-order valence-electron chi connectivity index (χ1n) is 6.63. The third-order valence-electron chi connectivity index (χ3n) is 3.82. The lowest BCUT2D eigenvalue weighted by Gasteiger charge is -2.24. The van der Waals surface area contributed by atoms with Crippen molar-refractivity contribution in [3.05, 3.63) is 0 Å². The van der Waals surface area contributed by atoms with Crippen molar-refractivity contribution in [1.82, 2.24) is 10.6 Å². The van der Waals surface area contributed by atoms with Crippen molar-refractivity contribution in [2.75, 3.05) is 13.2 Å². The average Bonchev–Trinajstić information content (AvgIpc) is 2.78. The van der Waals surface area contributed by atoms with Crippen molar-refractivity contribution in [1.29, 1.82) is 0 Å². The summed E-state index contributed by atoms with van der Waals surface area (Å²) in [5, 5.41) is 6.15. The number of rotatable bonds is 4. The molecule has 2 amide bonds. The fraction of sp³-hybridized carbons (Fsp3) is 0.833. The van der Waals surface area contributed by atoms with Crippen LogP contribution in [0, 0.1) is 5.92 Å². The van der Waals surface area contributed by atoms with Gasteiger partial charge in [-0.2, -0.15) is 0 Å². The summed E-state index contributed by atoms with van der Waals surface area (Å²) in [5.74, 6) is 0.647. The van der Waals surface area contributed by atoms with Gasteiger partial charge >= 0.3 is 6.09 Å². The van der Waals surface area contributed by atoms with Crippen molar-refractivity contribution in [2.45, 2.75) is 44.2 Å². The average molecular weight is 255 g/mol. The fourth-order valence-corrected chi connectivity index (χ4v) is 2.97. The lowest BCUT2D eigenvalue weighted by molar-refractivity contribution is -0.123. The van der Waals surface area contributed by atoms with Gasteiger partial charge in [0, 0.05) is 6.04 Å². The molecule has 0 aromatic carbocycles. The molecule has 4 N–H and O–H groups in total. The van der Waals surface area contributed by atoms with E-state index in [1.54, 1.807) is 0 Å². The molecule has 2 rings (SSSR count). The van der Waals surface area contributed by atoms with Gasteiger partial charge in [-0.15, -0.1) is 0 Å². The second-order valence-electron chi connectivity index (χ2n) is 5.06. The second kappa shape index (κ2) is 6.04. The van der Waals surface area contributed by atoms with E-state index in [0.29, 0.717) is 18.5 Å². The zero-order valence-corrected chi connectivity index (χ0v) is 10.5. The van der Waals surface area contributed by atoms with E-state index in [2.05, 4.69) is 15.4 Å². The van der Waals surface area contributed by atoms with Gasteiger partial charge in [0.25, 0.3) is 0 Å². The molecule has 1 aliphatic heterocycles. The van der Waals surface area contributed by atoms with Crippen LogP contribution in [0.3, 0.4) is 0 Å². The Bertz CT molecular complexity index is 308. The van der Waals surface area contributed by atoms with Crippen LogP contribution in [0.25, 0.3) is 0 Å². The topological polar surface area (TPSA) is 93.5 Å². The lowest BCUT2D eigenvalue weighted by Crippen LogP contribution is -2.44. The van der Waals surface area contributed by atoms with Gasteiger partial charge in [-0.3, -0.25) is 4.79 Å².